The third kappa shape index (κ3) is 7.72. The fourth-order valence-corrected chi connectivity index (χ4v) is 6.12. The summed E-state index contributed by atoms with van der Waals surface area (Å²) in [5, 5.41) is 13.4. The molecule has 0 fully saturated rings. The lowest BCUT2D eigenvalue weighted by Crippen LogP contribution is -1.88. The van der Waals surface area contributed by atoms with Crippen LogP contribution in [0.4, 0.5) is 0 Å². The first-order chi connectivity index (χ1) is 23.3. The lowest BCUT2D eigenvalue weighted by atomic mass is 9.89. The molecule has 0 N–H and O–H groups in total. The second-order valence-electron chi connectivity index (χ2n) is 10.1. The van der Waals surface area contributed by atoms with Crippen molar-refractivity contribution in [3.8, 4) is 11.1 Å². The summed E-state index contributed by atoms with van der Waals surface area (Å²) in [6.07, 6.45) is 0. The molecule has 0 aliphatic carbocycles. The number of hydrogen-bond donors (Lipinski definition) is 0. The molecule has 0 radical (unpaired) electrons. The van der Waals surface area contributed by atoms with E-state index in [1.807, 2.05) is 55.4 Å². The molecular weight excluding hydrogens is 565 g/mol. The van der Waals surface area contributed by atoms with Gasteiger partial charge in [-0.3, -0.25) is 0 Å². The van der Waals surface area contributed by atoms with Crippen LogP contribution in [0.2, 0.25) is 0 Å². The molecule has 47 heavy (non-hydrogen) atoms. The lowest BCUT2D eigenvalue weighted by Gasteiger charge is -2.15. The van der Waals surface area contributed by atoms with Crippen LogP contribution in [0.5, 0.6) is 0 Å². The van der Waals surface area contributed by atoms with E-state index in [0.717, 1.165) is 0 Å². The standard InChI is InChI=1S/C21H16.C18H12.4C2H6/c1-15-17-11-5-7-13-19(17)21(16-9-3-2-4-10-16)20-14-8-6-12-18(15)20;1-2-8-14-13(7-1)15-9-3-4-11-17(15)18-12-6-5-10-16(14)18;4*1-2/h2-14H,1H3;1-12H;4*1-2H3. The third-order valence-electron chi connectivity index (χ3n) is 7.91. The smallest absolute Gasteiger partial charge is 0.00266 e. The molecule has 0 amide bonds. The second-order valence-corrected chi connectivity index (χ2v) is 10.1. The Morgan fingerprint density at radius 2 is 0.447 bits per heavy atom. The van der Waals surface area contributed by atoms with Crippen molar-refractivity contribution in [2.45, 2.75) is 62.3 Å². The number of benzene rings is 8. The molecule has 0 aliphatic heterocycles. The first-order valence-corrected chi connectivity index (χ1v) is 17.5. The SMILES string of the molecule is CC.CC.CC.CC.Cc1c2ccccc2c(-c2ccccc2)c2ccccc12.c1ccc2c(c1)c1ccccc1c1ccccc21. The van der Waals surface area contributed by atoms with Crippen molar-refractivity contribution in [1.82, 2.24) is 0 Å². The fraction of sp³-hybridized carbons (Fsp3) is 0.191. The summed E-state index contributed by atoms with van der Waals surface area (Å²) < 4.78 is 0. The van der Waals surface area contributed by atoms with Gasteiger partial charge in [-0.25, -0.2) is 0 Å². The van der Waals surface area contributed by atoms with Crippen molar-refractivity contribution in [3.05, 3.63) is 157 Å². The van der Waals surface area contributed by atoms with Gasteiger partial charge < -0.3 is 0 Å². The van der Waals surface area contributed by atoms with Gasteiger partial charge in [-0.15, -0.1) is 0 Å². The summed E-state index contributed by atoms with van der Waals surface area (Å²) in [5.41, 5.74) is 3.98. The van der Waals surface area contributed by atoms with Gasteiger partial charge in [0.25, 0.3) is 0 Å². The predicted molar refractivity (Wildman–Crippen MR) is 216 cm³/mol. The Morgan fingerprint density at radius 3 is 0.723 bits per heavy atom. The van der Waals surface area contributed by atoms with Gasteiger partial charge in [-0.2, -0.15) is 0 Å². The fourth-order valence-electron chi connectivity index (χ4n) is 6.12. The number of hydrogen-bond acceptors (Lipinski definition) is 0. The van der Waals surface area contributed by atoms with Crippen LogP contribution in [0.3, 0.4) is 0 Å². The highest BCUT2D eigenvalue weighted by molar-refractivity contribution is 6.25. The molecule has 0 aromatic heterocycles. The van der Waals surface area contributed by atoms with Crippen LogP contribution >= 0.6 is 0 Å². The molecule has 0 bridgehead atoms. The molecule has 8 rings (SSSR count). The quantitative estimate of drug-likeness (QED) is 0.127. The highest BCUT2D eigenvalue weighted by Crippen LogP contribution is 2.39. The van der Waals surface area contributed by atoms with E-state index >= 15 is 0 Å². The highest BCUT2D eigenvalue weighted by Gasteiger charge is 2.12. The second kappa shape index (κ2) is 18.9. The maximum atomic E-state index is 2.23. The first kappa shape index (κ1) is 36.5. The van der Waals surface area contributed by atoms with E-state index in [2.05, 4.69) is 159 Å². The maximum Gasteiger partial charge on any atom is -0.00266 e. The van der Waals surface area contributed by atoms with Gasteiger partial charge in [0.05, 0.1) is 0 Å². The zero-order valence-corrected chi connectivity index (χ0v) is 29.9. The zero-order chi connectivity index (χ0) is 34.2. The molecule has 240 valence electrons. The molecule has 0 spiro atoms. The number of rotatable bonds is 1. The molecule has 0 unspecified atom stereocenters. The molecule has 0 atom stereocenters. The van der Waals surface area contributed by atoms with Gasteiger partial charge in [-0.1, -0.05) is 207 Å². The minimum absolute atomic E-state index is 1.28. The summed E-state index contributed by atoms with van der Waals surface area (Å²) in [6, 6.07) is 54.1. The van der Waals surface area contributed by atoms with E-state index in [0.29, 0.717) is 0 Å². The van der Waals surface area contributed by atoms with Crippen LogP contribution in [0.15, 0.2) is 152 Å². The minimum atomic E-state index is 1.28. The van der Waals surface area contributed by atoms with E-state index in [1.54, 1.807) is 0 Å². The van der Waals surface area contributed by atoms with Crippen molar-refractivity contribution >= 4 is 53.9 Å². The largest absolute Gasteiger partial charge is 0.0683 e. The maximum absolute atomic E-state index is 2.23. The van der Waals surface area contributed by atoms with E-state index in [-0.39, 0.29) is 0 Å². The number of fused-ring (bicyclic) bond motifs is 8. The van der Waals surface area contributed by atoms with Crippen molar-refractivity contribution in [2.24, 2.45) is 0 Å². The molecule has 0 aliphatic rings. The molecule has 0 heteroatoms. The van der Waals surface area contributed by atoms with Crippen LogP contribution in [-0.4, -0.2) is 0 Å². The van der Waals surface area contributed by atoms with Gasteiger partial charge in [-0.05, 0) is 77.5 Å². The van der Waals surface area contributed by atoms with Crippen LogP contribution in [0.1, 0.15) is 61.0 Å². The highest BCUT2D eigenvalue weighted by atomic mass is 14.2. The molecule has 8 aromatic rings. The Labute approximate surface area is 283 Å². The summed E-state index contributed by atoms with van der Waals surface area (Å²) in [5.74, 6) is 0. The minimum Gasteiger partial charge on any atom is -0.0683 e. The molecule has 0 nitrogen and oxygen atoms in total. The number of aryl methyl sites for hydroxylation is 1. The Kier molecular flexibility index (Phi) is 14.7. The summed E-state index contributed by atoms with van der Waals surface area (Å²) >= 11 is 0. The van der Waals surface area contributed by atoms with Crippen molar-refractivity contribution < 1.29 is 0 Å². The van der Waals surface area contributed by atoms with E-state index in [9.17, 15) is 0 Å². The Hall–Kier alpha value is -4.94. The Morgan fingerprint density at radius 1 is 0.234 bits per heavy atom. The Bertz CT molecular complexity index is 1840. The third-order valence-corrected chi connectivity index (χ3v) is 7.91. The molecule has 0 saturated carbocycles. The van der Waals surface area contributed by atoms with Crippen LogP contribution in [0.25, 0.3) is 65.0 Å². The van der Waals surface area contributed by atoms with Gasteiger partial charge in [0.1, 0.15) is 0 Å². The van der Waals surface area contributed by atoms with Crippen molar-refractivity contribution in [2.75, 3.05) is 0 Å². The normalized spacial score (nSPS) is 9.81. The predicted octanol–water partition coefficient (Wildman–Crippen LogP) is 15.2. The van der Waals surface area contributed by atoms with E-state index < -0.39 is 0 Å². The van der Waals surface area contributed by atoms with Gasteiger partial charge >= 0.3 is 0 Å². The van der Waals surface area contributed by atoms with E-state index in [4.69, 9.17) is 0 Å². The van der Waals surface area contributed by atoms with Gasteiger partial charge in [0.2, 0.25) is 0 Å². The zero-order valence-electron chi connectivity index (χ0n) is 29.9. The average Bonchev–Trinajstić information content (AvgIpc) is 3.19. The van der Waals surface area contributed by atoms with Crippen molar-refractivity contribution in [3.63, 3.8) is 0 Å². The monoisotopic (exact) mass is 616 g/mol. The lowest BCUT2D eigenvalue weighted by molar-refractivity contribution is 1.50. The first-order valence-electron chi connectivity index (χ1n) is 17.5. The molecule has 0 heterocycles. The molecule has 0 saturated heterocycles. The summed E-state index contributed by atoms with van der Waals surface area (Å²) in [6.45, 7) is 18.2. The Balaban J connectivity index is 0.000000213. The summed E-state index contributed by atoms with van der Waals surface area (Å²) in [4.78, 5) is 0. The summed E-state index contributed by atoms with van der Waals surface area (Å²) in [7, 11) is 0. The van der Waals surface area contributed by atoms with Gasteiger partial charge in [0, 0.05) is 0 Å². The molecular formula is C47H52. The average molecular weight is 617 g/mol. The van der Waals surface area contributed by atoms with Gasteiger partial charge in [0.15, 0.2) is 0 Å². The van der Waals surface area contributed by atoms with Crippen LogP contribution < -0.4 is 0 Å². The van der Waals surface area contributed by atoms with E-state index in [1.165, 1.54) is 70.6 Å². The molecule has 8 aromatic carbocycles. The van der Waals surface area contributed by atoms with Crippen LogP contribution in [0, 0.1) is 6.92 Å². The van der Waals surface area contributed by atoms with Crippen LogP contribution in [-0.2, 0) is 0 Å². The topological polar surface area (TPSA) is 0 Å². The van der Waals surface area contributed by atoms with Crippen molar-refractivity contribution in [1.29, 1.82) is 0 Å².